The number of ether oxygens (including phenoxy) is 1. The van der Waals surface area contributed by atoms with E-state index in [9.17, 15) is 0 Å². The van der Waals surface area contributed by atoms with Crippen molar-refractivity contribution in [1.29, 1.82) is 0 Å². The molecule has 0 radical (unpaired) electrons. The van der Waals surface area contributed by atoms with Gasteiger partial charge in [0, 0.05) is 30.6 Å². The Balaban J connectivity index is 1.43. The molecule has 3 aromatic rings. The average molecular weight is 358 g/mol. The van der Waals surface area contributed by atoms with Crippen molar-refractivity contribution in [3.05, 3.63) is 65.6 Å². The van der Waals surface area contributed by atoms with Gasteiger partial charge in [0.05, 0.1) is 18.2 Å². The largest absolute Gasteiger partial charge is 0.492 e. The average Bonchev–Trinajstić information content (AvgIpc) is 3.09. The first-order valence-electron chi connectivity index (χ1n) is 8.14. The van der Waals surface area contributed by atoms with Crippen molar-refractivity contribution < 1.29 is 9.26 Å². The molecule has 0 saturated carbocycles. The molecule has 0 amide bonds. The molecule has 0 aliphatic heterocycles. The molecule has 1 aromatic carbocycles. The van der Waals surface area contributed by atoms with E-state index in [0.717, 1.165) is 35.7 Å². The van der Waals surface area contributed by atoms with Crippen molar-refractivity contribution >= 4 is 11.6 Å². The third-order valence-electron chi connectivity index (χ3n) is 3.74. The number of para-hydroxylation sites is 1. The summed E-state index contributed by atoms with van der Waals surface area (Å²) >= 11 is 6.07. The number of nitrogens with zero attached hydrogens (tertiary/aromatic N) is 3. The fourth-order valence-electron chi connectivity index (χ4n) is 2.47. The minimum Gasteiger partial charge on any atom is -0.492 e. The van der Waals surface area contributed by atoms with Crippen LogP contribution in [0.15, 0.2) is 59.4 Å². The van der Waals surface area contributed by atoms with E-state index in [0.29, 0.717) is 18.2 Å². The van der Waals surface area contributed by atoms with Crippen LogP contribution in [0.5, 0.6) is 5.75 Å². The summed E-state index contributed by atoms with van der Waals surface area (Å²) in [5.74, 6) is 1.56. The highest BCUT2D eigenvalue weighted by atomic mass is 35.5. The number of rotatable bonds is 8. The van der Waals surface area contributed by atoms with Gasteiger partial charge in [0.2, 0.25) is 0 Å². The molecule has 130 valence electrons. The molecule has 0 saturated heterocycles. The zero-order valence-corrected chi connectivity index (χ0v) is 14.8. The molecule has 0 fully saturated rings. The second kappa shape index (κ2) is 8.65. The van der Waals surface area contributed by atoms with Gasteiger partial charge in [-0.2, -0.15) is 0 Å². The van der Waals surface area contributed by atoms with Crippen LogP contribution in [0.25, 0.3) is 11.3 Å². The maximum Gasteiger partial charge on any atom is 0.151 e. The predicted octanol–water partition coefficient (Wildman–Crippen LogP) is 4.29. The lowest BCUT2D eigenvalue weighted by molar-refractivity contribution is 0.239. The molecule has 3 rings (SSSR count). The molecule has 0 bridgehead atoms. The zero-order chi connectivity index (χ0) is 17.5. The Morgan fingerprint density at radius 2 is 1.96 bits per heavy atom. The van der Waals surface area contributed by atoms with Crippen LogP contribution in [0.2, 0.25) is 5.02 Å². The third-order valence-corrected chi connectivity index (χ3v) is 4.05. The lowest BCUT2D eigenvalue weighted by Crippen LogP contribution is -2.20. The van der Waals surface area contributed by atoms with E-state index in [1.165, 1.54) is 0 Å². The zero-order valence-electron chi connectivity index (χ0n) is 14.1. The minimum absolute atomic E-state index is 0.618. The van der Waals surface area contributed by atoms with Crippen LogP contribution in [-0.2, 0) is 6.54 Å². The Kier molecular flexibility index (Phi) is 6.04. The second-order valence-corrected chi connectivity index (χ2v) is 6.19. The first kappa shape index (κ1) is 17.5. The number of aromatic nitrogens is 2. The van der Waals surface area contributed by atoms with Gasteiger partial charge in [-0.05, 0) is 37.7 Å². The maximum absolute atomic E-state index is 6.07. The van der Waals surface area contributed by atoms with Gasteiger partial charge in [0.1, 0.15) is 11.4 Å². The summed E-state index contributed by atoms with van der Waals surface area (Å²) in [6, 6.07) is 13.3. The molecule has 25 heavy (non-hydrogen) atoms. The SMILES string of the molecule is CN(CCCOc1ccccc1Cl)Cc1cc(-c2ccncc2)no1. The molecular formula is C19H20ClN3O2. The minimum atomic E-state index is 0.618. The van der Waals surface area contributed by atoms with E-state index in [1.54, 1.807) is 12.4 Å². The summed E-state index contributed by atoms with van der Waals surface area (Å²) in [4.78, 5) is 6.18. The fraction of sp³-hybridized carbons (Fsp3) is 0.263. The monoisotopic (exact) mass is 357 g/mol. The first-order chi connectivity index (χ1) is 12.2. The summed E-state index contributed by atoms with van der Waals surface area (Å²) in [6.07, 6.45) is 4.39. The summed E-state index contributed by atoms with van der Waals surface area (Å²) in [6.45, 7) is 2.20. The van der Waals surface area contributed by atoms with Crippen LogP contribution in [0.4, 0.5) is 0 Å². The maximum atomic E-state index is 6.07. The van der Waals surface area contributed by atoms with Crippen molar-refractivity contribution in [2.75, 3.05) is 20.2 Å². The molecule has 0 aliphatic carbocycles. The normalized spacial score (nSPS) is 11.0. The lowest BCUT2D eigenvalue weighted by atomic mass is 10.2. The highest BCUT2D eigenvalue weighted by molar-refractivity contribution is 6.32. The van der Waals surface area contributed by atoms with Gasteiger partial charge in [-0.3, -0.25) is 9.88 Å². The molecule has 0 aliphatic rings. The highest BCUT2D eigenvalue weighted by Gasteiger charge is 2.09. The molecule has 0 atom stereocenters. The lowest BCUT2D eigenvalue weighted by Gasteiger charge is -2.15. The summed E-state index contributed by atoms with van der Waals surface area (Å²) in [7, 11) is 2.05. The number of hydrogen-bond acceptors (Lipinski definition) is 5. The number of halogens is 1. The van der Waals surface area contributed by atoms with Crippen LogP contribution in [0.1, 0.15) is 12.2 Å². The van der Waals surface area contributed by atoms with Crippen LogP contribution >= 0.6 is 11.6 Å². The van der Waals surface area contributed by atoms with E-state index in [2.05, 4.69) is 15.0 Å². The van der Waals surface area contributed by atoms with Crippen molar-refractivity contribution in [2.24, 2.45) is 0 Å². The van der Waals surface area contributed by atoms with E-state index in [4.69, 9.17) is 20.9 Å². The summed E-state index contributed by atoms with van der Waals surface area (Å²) in [5.41, 5.74) is 1.83. The predicted molar refractivity (Wildman–Crippen MR) is 97.6 cm³/mol. The molecule has 0 unspecified atom stereocenters. The summed E-state index contributed by atoms with van der Waals surface area (Å²) in [5, 5.41) is 4.76. The molecular weight excluding hydrogens is 338 g/mol. The second-order valence-electron chi connectivity index (χ2n) is 5.78. The molecule has 0 N–H and O–H groups in total. The van der Waals surface area contributed by atoms with Gasteiger partial charge in [-0.1, -0.05) is 28.9 Å². The number of hydrogen-bond donors (Lipinski definition) is 0. The summed E-state index contributed by atoms with van der Waals surface area (Å²) < 4.78 is 11.1. The Morgan fingerprint density at radius 3 is 2.76 bits per heavy atom. The molecule has 2 aromatic heterocycles. The van der Waals surface area contributed by atoms with Crippen LogP contribution in [0.3, 0.4) is 0 Å². The van der Waals surface area contributed by atoms with Gasteiger partial charge in [-0.25, -0.2) is 0 Å². The molecule has 2 heterocycles. The smallest absolute Gasteiger partial charge is 0.151 e. The van der Waals surface area contributed by atoms with Crippen molar-refractivity contribution in [3.8, 4) is 17.0 Å². The van der Waals surface area contributed by atoms with Crippen molar-refractivity contribution in [1.82, 2.24) is 15.0 Å². The Hall–Kier alpha value is -2.37. The molecule has 0 spiro atoms. The van der Waals surface area contributed by atoms with Gasteiger partial charge in [-0.15, -0.1) is 0 Å². The first-order valence-corrected chi connectivity index (χ1v) is 8.52. The van der Waals surface area contributed by atoms with Crippen molar-refractivity contribution in [2.45, 2.75) is 13.0 Å². The van der Waals surface area contributed by atoms with Gasteiger partial charge < -0.3 is 9.26 Å². The quantitative estimate of drug-likeness (QED) is 0.563. The number of benzene rings is 1. The van der Waals surface area contributed by atoms with Gasteiger partial charge in [0.15, 0.2) is 5.76 Å². The van der Waals surface area contributed by atoms with E-state index in [1.807, 2.05) is 49.5 Å². The standard InChI is InChI=1S/C19H20ClN3O2/c1-23(11-4-12-24-19-6-3-2-5-17(19)20)14-16-13-18(22-25-16)15-7-9-21-10-8-15/h2-3,5-10,13H,4,11-12,14H2,1H3. The van der Waals surface area contributed by atoms with E-state index >= 15 is 0 Å². The van der Waals surface area contributed by atoms with Crippen LogP contribution in [-0.4, -0.2) is 35.2 Å². The highest BCUT2D eigenvalue weighted by Crippen LogP contribution is 2.23. The number of pyridine rings is 1. The third kappa shape index (κ3) is 5.05. The van der Waals surface area contributed by atoms with Gasteiger partial charge >= 0.3 is 0 Å². The Bertz CT molecular complexity index is 792. The van der Waals surface area contributed by atoms with Crippen molar-refractivity contribution in [3.63, 3.8) is 0 Å². The topological polar surface area (TPSA) is 51.4 Å². The van der Waals surface area contributed by atoms with Crippen LogP contribution < -0.4 is 4.74 Å². The Morgan fingerprint density at radius 1 is 1.16 bits per heavy atom. The Labute approximate surface area is 152 Å². The fourth-order valence-corrected chi connectivity index (χ4v) is 2.66. The van der Waals surface area contributed by atoms with Crippen LogP contribution in [0, 0.1) is 0 Å². The van der Waals surface area contributed by atoms with E-state index < -0.39 is 0 Å². The van der Waals surface area contributed by atoms with Gasteiger partial charge in [0.25, 0.3) is 0 Å². The molecule has 5 nitrogen and oxygen atoms in total. The molecule has 6 heteroatoms. The van der Waals surface area contributed by atoms with E-state index in [-0.39, 0.29) is 0 Å².